The van der Waals surface area contributed by atoms with E-state index in [1.165, 1.54) is 0 Å². The van der Waals surface area contributed by atoms with Crippen LogP contribution in [0.4, 0.5) is 0 Å². The molecular formula is C42H60O7SSi. The van der Waals surface area contributed by atoms with E-state index in [1.54, 1.807) is 6.92 Å². The van der Waals surface area contributed by atoms with Crippen LogP contribution in [-0.2, 0) is 45.2 Å². The van der Waals surface area contributed by atoms with Gasteiger partial charge in [0.15, 0.2) is 9.84 Å². The molecule has 0 bridgehead atoms. The van der Waals surface area contributed by atoms with Gasteiger partial charge in [-0.25, -0.2) is 8.42 Å². The summed E-state index contributed by atoms with van der Waals surface area (Å²) in [6.07, 6.45) is 3.49. The van der Waals surface area contributed by atoms with Gasteiger partial charge in [0, 0.05) is 6.61 Å². The molecule has 7 nitrogen and oxygen atoms in total. The smallest absolute Gasteiger partial charge is 0.316 e. The zero-order valence-electron chi connectivity index (χ0n) is 32.1. The molecule has 0 saturated carbocycles. The molecule has 0 heterocycles. The van der Waals surface area contributed by atoms with E-state index in [0.29, 0.717) is 32.5 Å². The van der Waals surface area contributed by atoms with Crippen molar-refractivity contribution in [3.63, 3.8) is 0 Å². The number of hydrogen-bond donors (Lipinski definition) is 0. The Morgan fingerprint density at radius 3 is 1.88 bits per heavy atom. The highest BCUT2D eigenvalue weighted by atomic mass is 32.2. The summed E-state index contributed by atoms with van der Waals surface area (Å²) in [5.41, 5.74) is 0.0494. The highest BCUT2D eigenvalue weighted by Gasteiger charge is 2.50. The first kappa shape index (κ1) is 42.1. The third kappa shape index (κ3) is 11.6. The molecule has 3 rings (SSSR count). The minimum Gasteiger partial charge on any atom is -0.466 e. The zero-order chi connectivity index (χ0) is 37.8. The highest BCUT2D eigenvalue weighted by Crippen LogP contribution is 2.38. The molecule has 0 saturated heterocycles. The van der Waals surface area contributed by atoms with Gasteiger partial charge < -0.3 is 13.9 Å². The molecule has 1 atom stereocenters. The van der Waals surface area contributed by atoms with Crippen LogP contribution in [0.5, 0.6) is 0 Å². The molecule has 3 aromatic carbocycles. The summed E-state index contributed by atoms with van der Waals surface area (Å²) in [4.78, 5) is 25.8. The van der Waals surface area contributed by atoms with E-state index in [9.17, 15) is 18.0 Å². The lowest BCUT2D eigenvalue weighted by Crippen LogP contribution is -2.66. The Balaban J connectivity index is 1.74. The van der Waals surface area contributed by atoms with E-state index in [0.717, 1.165) is 34.3 Å². The number of rotatable bonds is 20. The summed E-state index contributed by atoms with van der Waals surface area (Å²) >= 11 is 0. The Morgan fingerprint density at radius 1 is 0.725 bits per heavy atom. The maximum atomic E-state index is 13.7. The summed E-state index contributed by atoms with van der Waals surface area (Å²) < 4.78 is 45.1. The molecule has 0 aliphatic carbocycles. The fourth-order valence-corrected chi connectivity index (χ4v) is 13.5. The van der Waals surface area contributed by atoms with E-state index >= 15 is 0 Å². The lowest BCUT2D eigenvalue weighted by molar-refractivity contribution is -0.150. The van der Waals surface area contributed by atoms with Gasteiger partial charge in [-0.2, -0.15) is 0 Å². The Labute approximate surface area is 308 Å². The van der Waals surface area contributed by atoms with Crippen molar-refractivity contribution in [1.29, 1.82) is 0 Å². The topological polar surface area (TPSA) is 96.0 Å². The second kappa shape index (κ2) is 18.5. The normalized spacial score (nSPS) is 13.7. The molecule has 9 heteroatoms. The van der Waals surface area contributed by atoms with Crippen LogP contribution < -0.4 is 10.4 Å². The number of hydrogen-bond acceptors (Lipinski definition) is 7. The third-order valence-electron chi connectivity index (χ3n) is 9.67. The number of sulfone groups is 1. The average molecular weight is 737 g/mol. The SMILES string of the molecule is CCCCOC(=O)[C@](C)(CCCC(C)(C)CS(=O)(=O)CCO[Si](c1ccccc1)(c1ccccc1)C(C)(C)C)c1cccc(CC(=O)OCC)c1. The van der Waals surface area contributed by atoms with E-state index in [2.05, 4.69) is 45.0 Å². The van der Waals surface area contributed by atoms with E-state index in [4.69, 9.17) is 13.9 Å². The van der Waals surface area contributed by atoms with Crippen LogP contribution in [0.1, 0.15) is 98.6 Å². The fraction of sp³-hybridized carbons (Fsp3) is 0.524. The molecule has 0 radical (unpaired) electrons. The Kier molecular flexibility index (Phi) is 15.3. The summed E-state index contributed by atoms with van der Waals surface area (Å²) in [6.45, 7) is 17.0. The van der Waals surface area contributed by atoms with Crippen molar-refractivity contribution < 1.29 is 31.9 Å². The predicted octanol–water partition coefficient (Wildman–Crippen LogP) is 7.58. The van der Waals surface area contributed by atoms with Crippen LogP contribution in [0, 0.1) is 5.41 Å². The molecule has 0 fully saturated rings. The van der Waals surface area contributed by atoms with Gasteiger partial charge in [0.1, 0.15) is 0 Å². The monoisotopic (exact) mass is 736 g/mol. The van der Waals surface area contributed by atoms with Crippen molar-refractivity contribution in [2.75, 3.05) is 31.3 Å². The van der Waals surface area contributed by atoms with E-state index in [1.807, 2.05) is 88.4 Å². The molecule has 0 aromatic heterocycles. The van der Waals surface area contributed by atoms with Gasteiger partial charge in [0.2, 0.25) is 0 Å². The summed E-state index contributed by atoms with van der Waals surface area (Å²) in [5, 5.41) is 1.98. The van der Waals surface area contributed by atoms with Gasteiger partial charge in [-0.1, -0.05) is 139 Å². The summed E-state index contributed by atoms with van der Waals surface area (Å²) in [5.74, 6) is -0.691. The summed E-state index contributed by atoms with van der Waals surface area (Å²) in [6, 6.07) is 28.0. The van der Waals surface area contributed by atoms with Gasteiger partial charge in [-0.3, -0.25) is 9.59 Å². The maximum absolute atomic E-state index is 13.7. The number of esters is 2. The maximum Gasteiger partial charge on any atom is 0.316 e. The van der Waals surface area contributed by atoms with Crippen molar-refractivity contribution >= 4 is 40.5 Å². The second-order valence-corrected chi connectivity index (χ2v) is 22.1. The number of carbonyl (C=O) groups is 2. The molecule has 0 aliphatic rings. The van der Waals surface area contributed by atoms with Gasteiger partial charge >= 0.3 is 11.9 Å². The fourth-order valence-electron chi connectivity index (χ4n) is 6.98. The molecular weight excluding hydrogens is 677 g/mol. The summed E-state index contributed by atoms with van der Waals surface area (Å²) in [7, 11) is -6.34. The Hall–Kier alpha value is -3.27. The zero-order valence-corrected chi connectivity index (χ0v) is 33.9. The van der Waals surface area contributed by atoms with Crippen molar-refractivity contribution in [2.24, 2.45) is 5.41 Å². The van der Waals surface area contributed by atoms with Crippen molar-refractivity contribution in [2.45, 2.75) is 104 Å². The lowest BCUT2D eigenvalue weighted by atomic mass is 9.76. The van der Waals surface area contributed by atoms with Gasteiger partial charge in [-0.15, -0.1) is 0 Å². The quantitative estimate of drug-likeness (QED) is 0.0671. The minimum atomic E-state index is -3.48. The van der Waals surface area contributed by atoms with Crippen LogP contribution in [0.3, 0.4) is 0 Å². The van der Waals surface area contributed by atoms with Crippen LogP contribution in [0.25, 0.3) is 0 Å². The van der Waals surface area contributed by atoms with Crippen molar-refractivity contribution in [3.05, 3.63) is 96.1 Å². The highest BCUT2D eigenvalue weighted by molar-refractivity contribution is 7.91. The van der Waals surface area contributed by atoms with Crippen LogP contribution >= 0.6 is 0 Å². The second-order valence-electron chi connectivity index (χ2n) is 15.6. The van der Waals surface area contributed by atoms with Gasteiger partial charge in [0.05, 0.1) is 36.6 Å². The standard InChI is InChI=1S/C42H60O7SSi/c1-9-11-28-48-39(44)42(8,35-21-18-20-34(31-35)32-38(43)47-10-2)27-19-26-41(6,7)33-50(45,46)30-29-49-51(40(3,4)5,36-22-14-12-15-23-36)37-24-16-13-17-25-37/h12-18,20-25,31H,9-11,19,26-30,32-33H2,1-8H3/t42-/m1/s1. The third-order valence-corrected chi connectivity index (χ3v) is 16.7. The lowest BCUT2D eigenvalue weighted by Gasteiger charge is -2.43. The molecule has 0 spiro atoms. The van der Waals surface area contributed by atoms with Crippen LogP contribution in [0.15, 0.2) is 84.9 Å². The molecule has 0 unspecified atom stereocenters. The Bertz CT molecular complexity index is 1610. The Morgan fingerprint density at radius 2 is 1.33 bits per heavy atom. The van der Waals surface area contributed by atoms with E-state index < -0.39 is 29.0 Å². The average Bonchev–Trinajstić information content (AvgIpc) is 3.06. The first-order valence-electron chi connectivity index (χ1n) is 18.4. The van der Waals surface area contributed by atoms with Gasteiger partial charge in [0.25, 0.3) is 8.32 Å². The molecule has 0 aliphatic heterocycles. The first-order valence-corrected chi connectivity index (χ1v) is 22.1. The van der Waals surface area contributed by atoms with Crippen LogP contribution in [0.2, 0.25) is 5.04 Å². The number of ether oxygens (including phenoxy) is 2. The van der Waals surface area contributed by atoms with Gasteiger partial charge in [-0.05, 0) is 65.1 Å². The van der Waals surface area contributed by atoms with Crippen molar-refractivity contribution in [1.82, 2.24) is 0 Å². The molecule has 0 N–H and O–H groups in total. The molecule has 51 heavy (non-hydrogen) atoms. The van der Waals surface area contributed by atoms with E-state index in [-0.39, 0.29) is 41.5 Å². The van der Waals surface area contributed by atoms with Crippen LogP contribution in [-0.4, -0.2) is 60.0 Å². The first-order chi connectivity index (χ1) is 24.0. The van der Waals surface area contributed by atoms with Crippen molar-refractivity contribution in [3.8, 4) is 0 Å². The molecule has 0 amide bonds. The molecule has 3 aromatic rings. The number of unbranched alkanes of at least 4 members (excludes halogenated alkanes) is 1. The largest absolute Gasteiger partial charge is 0.466 e. The number of benzene rings is 3. The number of carbonyl (C=O) groups excluding carboxylic acids is 2. The minimum absolute atomic E-state index is 0.0107. The predicted molar refractivity (Wildman–Crippen MR) is 210 cm³/mol. The molecule has 280 valence electrons.